The topological polar surface area (TPSA) is 86.8 Å². The van der Waals surface area contributed by atoms with Gasteiger partial charge in [-0.1, -0.05) is 89.5 Å². The molecule has 2 amide bonds. The second-order valence-electron chi connectivity index (χ2n) is 10.1. The van der Waals surface area contributed by atoms with Crippen LogP contribution in [0.3, 0.4) is 0 Å². The number of carbonyl (C=O) groups excluding carboxylic acids is 2. The van der Waals surface area contributed by atoms with E-state index in [1.165, 1.54) is 24.1 Å². The number of likely N-dealkylation sites (N-methyl/N-ethyl adjacent to an activating group) is 1. The zero-order valence-electron chi connectivity index (χ0n) is 23.8. The van der Waals surface area contributed by atoms with Gasteiger partial charge < -0.3 is 10.2 Å². The number of nitrogens with zero attached hydrogens (tertiary/aromatic N) is 2. The van der Waals surface area contributed by atoms with Crippen LogP contribution in [-0.2, 0) is 32.6 Å². The second-order valence-corrected chi connectivity index (χ2v) is 12.4. The van der Waals surface area contributed by atoms with E-state index in [0.29, 0.717) is 5.02 Å². The van der Waals surface area contributed by atoms with Gasteiger partial charge in [-0.15, -0.1) is 0 Å². The minimum atomic E-state index is -4.16. The van der Waals surface area contributed by atoms with E-state index in [1.807, 2.05) is 68.4 Å². The van der Waals surface area contributed by atoms with Crippen molar-refractivity contribution in [3.05, 3.63) is 130 Å². The van der Waals surface area contributed by atoms with E-state index >= 15 is 0 Å². The molecule has 0 spiro atoms. The molecule has 0 aromatic heterocycles. The molecule has 7 nitrogen and oxygen atoms in total. The van der Waals surface area contributed by atoms with Crippen LogP contribution in [0.2, 0.25) is 5.02 Å². The molecule has 0 aliphatic heterocycles. The summed E-state index contributed by atoms with van der Waals surface area (Å²) in [6.07, 6.45) is 0.254. The Hall–Kier alpha value is -4.14. The van der Waals surface area contributed by atoms with Gasteiger partial charge in [0.1, 0.15) is 12.6 Å². The van der Waals surface area contributed by atoms with Gasteiger partial charge in [0.05, 0.1) is 10.6 Å². The number of aryl methyl sites for hydroxylation is 2. The fourth-order valence-electron chi connectivity index (χ4n) is 4.58. The highest BCUT2D eigenvalue weighted by atomic mass is 35.5. The van der Waals surface area contributed by atoms with E-state index in [4.69, 9.17) is 11.6 Å². The van der Waals surface area contributed by atoms with Crippen molar-refractivity contribution in [3.63, 3.8) is 0 Å². The molecule has 9 heteroatoms. The summed E-state index contributed by atoms with van der Waals surface area (Å²) in [7, 11) is -2.63. The number of carbonyl (C=O) groups is 2. The van der Waals surface area contributed by atoms with Gasteiger partial charge in [0, 0.05) is 25.0 Å². The van der Waals surface area contributed by atoms with Gasteiger partial charge in [-0.25, -0.2) is 8.42 Å². The number of sulfonamides is 1. The SMILES string of the molecule is CNC(=O)C(Cc1ccccc1)N(Cc1ccc(C)cc1)C(=O)CN(c1ccc(Cl)cc1)S(=O)(=O)c1ccc(C)cc1. The zero-order chi connectivity index (χ0) is 30.3. The Bertz CT molecular complexity index is 1610. The lowest BCUT2D eigenvalue weighted by molar-refractivity contribution is -0.139. The van der Waals surface area contributed by atoms with Gasteiger partial charge in [0.25, 0.3) is 10.0 Å². The highest BCUT2D eigenvalue weighted by Crippen LogP contribution is 2.26. The number of amides is 2. The first-order chi connectivity index (χ1) is 20.1. The molecule has 0 aliphatic carbocycles. The minimum Gasteiger partial charge on any atom is -0.357 e. The summed E-state index contributed by atoms with van der Waals surface area (Å²) < 4.78 is 29.0. The van der Waals surface area contributed by atoms with Crippen molar-refractivity contribution in [1.29, 1.82) is 0 Å². The Kier molecular flexibility index (Phi) is 10.0. The Balaban J connectivity index is 1.77. The molecule has 0 bridgehead atoms. The summed E-state index contributed by atoms with van der Waals surface area (Å²) in [6, 6.07) is 28.9. The van der Waals surface area contributed by atoms with Gasteiger partial charge in [0.2, 0.25) is 11.8 Å². The van der Waals surface area contributed by atoms with Crippen LogP contribution in [-0.4, -0.2) is 44.8 Å². The molecule has 42 heavy (non-hydrogen) atoms. The molecule has 0 heterocycles. The van der Waals surface area contributed by atoms with E-state index in [-0.39, 0.29) is 29.5 Å². The lowest BCUT2D eigenvalue weighted by Gasteiger charge is -2.33. The molecule has 1 atom stereocenters. The number of hydrogen-bond acceptors (Lipinski definition) is 4. The zero-order valence-corrected chi connectivity index (χ0v) is 25.4. The molecular weight excluding hydrogens is 570 g/mol. The number of hydrogen-bond donors (Lipinski definition) is 1. The largest absolute Gasteiger partial charge is 0.357 e. The molecule has 0 aliphatic rings. The van der Waals surface area contributed by atoms with E-state index in [9.17, 15) is 18.0 Å². The van der Waals surface area contributed by atoms with Crippen LogP contribution in [0.5, 0.6) is 0 Å². The smallest absolute Gasteiger partial charge is 0.264 e. The van der Waals surface area contributed by atoms with Crippen molar-refractivity contribution >= 4 is 39.1 Å². The maximum Gasteiger partial charge on any atom is 0.264 e. The summed E-state index contributed by atoms with van der Waals surface area (Å²) in [5.74, 6) is -0.871. The van der Waals surface area contributed by atoms with Crippen LogP contribution in [0, 0.1) is 13.8 Å². The summed E-state index contributed by atoms with van der Waals surface area (Å²) in [4.78, 5) is 29.1. The Labute approximate surface area is 252 Å². The van der Waals surface area contributed by atoms with Crippen molar-refractivity contribution in [1.82, 2.24) is 10.2 Å². The van der Waals surface area contributed by atoms with Gasteiger partial charge >= 0.3 is 0 Å². The van der Waals surface area contributed by atoms with Crippen LogP contribution >= 0.6 is 11.6 Å². The summed E-state index contributed by atoms with van der Waals surface area (Å²) in [5, 5.41) is 3.12. The molecule has 4 rings (SSSR count). The first kappa shape index (κ1) is 30.8. The maximum atomic E-state index is 14.3. The Morgan fingerprint density at radius 2 is 1.36 bits per heavy atom. The number of anilines is 1. The van der Waals surface area contributed by atoms with Crippen molar-refractivity contribution in [3.8, 4) is 0 Å². The molecule has 0 radical (unpaired) electrons. The van der Waals surface area contributed by atoms with Crippen molar-refractivity contribution in [2.24, 2.45) is 0 Å². The number of halogens is 1. The van der Waals surface area contributed by atoms with Gasteiger partial charge in [-0.2, -0.15) is 0 Å². The van der Waals surface area contributed by atoms with E-state index in [0.717, 1.165) is 26.6 Å². The molecule has 1 unspecified atom stereocenters. The standard InChI is InChI=1S/C33H34ClN3O4S/c1-24-9-13-27(14-10-24)22-36(31(33(39)35-3)21-26-7-5-4-6-8-26)32(38)23-37(29-17-15-28(34)16-18-29)42(40,41)30-19-11-25(2)12-20-30/h4-20,31H,21-23H2,1-3H3,(H,35,39). The molecule has 4 aromatic rings. The first-order valence-electron chi connectivity index (χ1n) is 13.5. The molecular formula is C33H34ClN3O4S. The molecule has 0 saturated carbocycles. The van der Waals surface area contributed by atoms with Crippen molar-refractivity contribution < 1.29 is 18.0 Å². The normalized spacial score (nSPS) is 11.9. The van der Waals surface area contributed by atoms with Crippen LogP contribution in [0.4, 0.5) is 5.69 Å². The molecule has 1 N–H and O–H groups in total. The predicted molar refractivity (Wildman–Crippen MR) is 167 cm³/mol. The number of benzene rings is 4. The summed E-state index contributed by atoms with van der Waals surface area (Å²) in [5.41, 5.74) is 3.93. The molecule has 218 valence electrons. The maximum absolute atomic E-state index is 14.3. The van der Waals surface area contributed by atoms with E-state index in [1.54, 1.807) is 36.4 Å². The average Bonchev–Trinajstić information content (AvgIpc) is 2.99. The Morgan fingerprint density at radius 3 is 1.93 bits per heavy atom. The van der Waals surface area contributed by atoms with Crippen molar-refractivity contribution in [2.75, 3.05) is 17.9 Å². The fourth-order valence-corrected chi connectivity index (χ4v) is 6.12. The van der Waals surface area contributed by atoms with Crippen molar-refractivity contribution in [2.45, 2.75) is 37.8 Å². The average molecular weight is 604 g/mol. The highest BCUT2D eigenvalue weighted by molar-refractivity contribution is 7.92. The third-order valence-corrected chi connectivity index (χ3v) is 9.03. The van der Waals surface area contributed by atoms with Gasteiger partial charge in [-0.3, -0.25) is 13.9 Å². The van der Waals surface area contributed by atoms with Gasteiger partial charge in [0.15, 0.2) is 0 Å². The quantitative estimate of drug-likeness (QED) is 0.244. The second kappa shape index (κ2) is 13.7. The van der Waals surface area contributed by atoms with Gasteiger partial charge in [-0.05, 0) is 61.4 Å². The van der Waals surface area contributed by atoms with Crippen LogP contribution in [0.25, 0.3) is 0 Å². The van der Waals surface area contributed by atoms with Crippen LogP contribution in [0.1, 0.15) is 22.3 Å². The third-order valence-electron chi connectivity index (χ3n) is 6.99. The predicted octanol–water partition coefficient (Wildman–Crippen LogP) is 5.54. The molecule has 0 saturated heterocycles. The Morgan fingerprint density at radius 1 is 0.786 bits per heavy atom. The van der Waals surface area contributed by atoms with Crippen LogP contribution in [0.15, 0.2) is 108 Å². The lowest BCUT2D eigenvalue weighted by atomic mass is 10.0. The van der Waals surface area contributed by atoms with Crippen LogP contribution < -0.4 is 9.62 Å². The minimum absolute atomic E-state index is 0.0491. The molecule has 0 fully saturated rings. The first-order valence-corrected chi connectivity index (χ1v) is 15.4. The summed E-state index contributed by atoms with van der Waals surface area (Å²) in [6.45, 7) is 3.43. The monoisotopic (exact) mass is 603 g/mol. The lowest BCUT2D eigenvalue weighted by Crippen LogP contribution is -2.53. The third kappa shape index (κ3) is 7.57. The number of rotatable bonds is 11. The summed E-state index contributed by atoms with van der Waals surface area (Å²) >= 11 is 6.10. The number of nitrogens with one attached hydrogen (secondary N) is 1. The van der Waals surface area contributed by atoms with E-state index < -0.39 is 28.5 Å². The highest BCUT2D eigenvalue weighted by Gasteiger charge is 2.34. The van der Waals surface area contributed by atoms with E-state index in [2.05, 4.69) is 5.32 Å². The fraction of sp³-hybridized carbons (Fsp3) is 0.212. The molecule has 4 aromatic carbocycles.